The maximum absolute atomic E-state index is 7.01. The van der Waals surface area contributed by atoms with Crippen LogP contribution in [0.3, 0.4) is 0 Å². The van der Waals surface area contributed by atoms with Crippen molar-refractivity contribution < 1.29 is 9.15 Å². The topological polar surface area (TPSA) is 32.2 Å². The Hall–Kier alpha value is -7.56. The Morgan fingerprint density at radius 1 is 0.508 bits per heavy atom. The van der Waals surface area contributed by atoms with Crippen LogP contribution in [0, 0.1) is 0 Å². The van der Waals surface area contributed by atoms with Gasteiger partial charge in [-0.1, -0.05) is 133 Å². The zero-order chi connectivity index (χ0) is 38.8. The van der Waals surface area contributed by atoms with Crippen molar-refractivity contribution in [3.63, 3.8) is 0 Å². The maximum atomic E-state index is 7.01. The van der Waals surface area contributed by atoms with Crippen LogP contribution in [0.15, 0.2) is 199 Å². The number of fused-ring (bicyclic) bond motifs is 12. The number of hydrogen-bond acceptors (Lipinski definition) is 2. The van der Waals surface area contributed by atoms with Gasteiger partial charge in [0.15, 0.2) is 0 Å². The van der Waals surface area contributed by atoms with Gasteiger partial charge in [-0.3, -0.25) is 0 Å². The fourth-order valence-electron chi connectivity index (χ4n) is 10.1. The lowest BCUT2D eigenvalue weighted by atomic mass is 9.79. The summed E-state index contributed by atoms with van der Waals surface area (Å²) in [7, 11) is 0. The molecule has 278 valence electrons. The van der Waals surface area contributed by atoms with Crippen LogP contribution in [0.5, 0.6) is 5.75 Å². The van der Waals surface area contributed by atoms with Crippen LogP contribution in [-0.4, -0.2) is 14.7 Å². The van der Waals surface area contributed by atoms with E-state index in [1.165, 1.54) is 54.7 Å². The number of rotatable bonds is 4. The highest BCUT2D eigenvalue weighted by Gasteiger charge is 2.45. The molecule has 0 fully saturated rings. The first-order chi connectivity index (χ1) is 29.1. The van der Waals surface area contributed by atoms with Crippen molar-refractivity contribution in [1.29, 1.82) is 0 Å². The van der Waals surface area contributed by atoms with Gasteiger partial charge in [0.1, 0.15) is 22.5 Å². The number of furan rings is 1. The number of aromatic nitrogens is 2. The van der Waals surface area contributed by atoms with Crippen molar-refractivity contribution >= 4 is 71.1 Å². The number of nitrogens with zero attached hydrogens (tertiary/aromatic N) is 2. The standard InChI is InChI=1S/C55H36N2O2/c1-55-30-29-35(33-46(55)44-21-12-26-51(54(44)59-55)57-49-24-8-4-17-41(49)42-18-5-9-25-50(42)57)34-27-28-52-45(32-34)43-20-11-19-38(53(43)58-52)36-13-10-14-37(31-36)56-47-22-6-2-15-39(47)40-16-3-7-23-48(40)56/h2-33,46H,1H3. The predicted octanol–water partition coefficient (Wildman–Crippen LogP) is 14.3. The minimum absolute atomic E-state index is 0.0516. The van der Waals surface area contributed by atoms with Gasteiger partial charge in [0, 0.05) is 55.0 Å². The molecule has 11 aromatic rings. The third-order valence-corrected chi connectivity index (χ3v) is 12.9. The first kappa shape index (κ1) is 32.5. The highest BCUT2D eigenvalue weighted by Crippen LogP contribution is 2.53. The average molecular weight is 757 g/mol. The molecule has 0 saturated carbocycles. The zero-order valence-corrected chi connectivity index (χ0v) is 32.3. The summed E-state index contributed by atoms with van der Waals surface area (Å²) in [4.78, 5) is 0. The lowest BCUT2D eigenvalue weighted by Crippen LogP contribution is -2.32. The van der Waals surface area contributed by atoms with Crippen LogP contribution in [0.1, 0.15) is 24.0 Å². The fourth-order valence-corrected chi connectivity index (χ4v) is 10.1. The van der Waals surface area contributed by atoms with Gasteiger partial charge < -0.3 is 18.3 Å². The van der Waals surface area contributed by atoms with Crippen molar-refractivity contribution in [2.45, 2.75) is 18.4 Å². The molecule has 8 aromatic carbocycles. The molecule has 4 heteroatoms. The first-order valence-electron chi connectivity index (χ1n) is 20.4. The molecule has 4 nitrogen and oxygen atoms in total. The molecule has 1 aliphatic heterocycles. The van der Waals surface area contributed by atoms with Gasteiger partial charge in [-0.15, -0.1) is 0 Å². The van der Waals surface area contributed by atoms with Crippen molar-refractivity contribution in [2.75, 3.05) is 0 Å². The van der Waals surface area contributed by atoms with Crippen LogP contribution in [0.25, 0.3) is 93.6 Å². The van der Waals surface area contributed by atoms with Gasteiger partial charge in [0.2, 0.25) is 0 Å². The lowest BCUT2D eigenvalue weighted by Gasteiger charge is -2.29. The number of ether oxygens (including phenoxy) is 1. The molecule has 0 radical (unpaired) electrons. The van der Waals surface area contributed by atoms with E-state index in [-0.39, 0.29) is 5.92 Å². The SMILES string of the molecule is CC12C=CC(c3ccc4oc5c(-c6cccc(-n7c8ccccc8c8ccccc87)c6)cccc5c4c3)=CC1c1cccc(-n3c4ccccc4c4ccccc43)c1O2. The Balaban J connectivity index is 0.900. The van der Waals surface area contributed by atoms with E-state index in [4.69, 9.17) is 9.15 Å². The van der Waals surface area contributed by atoms with Gasteiger partial charge in [-0.05, 0) is 84.3 Å². The Morgan fingerprint density at radius 2 is 1.12 bits per heavy atom. The number of allylic oxidation sites excluding steroid dienone is 2. The highest BCUT2D eigenvalue weighted by molar-refractivity contribution is 6.12. The minimum atomic E-state index is -0.504. The summed E-state index contributed by atoms with van der Waals surface area (Å²) >= 11 is 0. The normalized spacial score (nSPS) is 17.3. The van der Waals surface area contributed by atoms with Crippen LogP contribution in [0.2, 0.25) is 0 Å². The van der Waals surface area contributed by atoms with Gasteiger partial charge in [-0.2, -0.15) is 0 Å². The van der Waals surface area contributed by atoms with Crippen molar-refractivity contribution in [1.82, 2.24) is 9.13 Å². The summed E-state index contributed by atoms with van der Waals surface area (Å²) in [6.45, 7) is 2.21. The second-order valence-electron chi connectivity index (χ2n) is 16.2. The third kappa shape index (κ3) is 4.60. The monoisotopic (exact) mass is 756 g/mol. The van der Waals surface area contributed by atoms with Gasteiger partial charge >= 0.3 is 0 Å². The van der Waals surface area contributed by atoms with Gasteiger partial charge in [0.05, 0.1) is 27.8 Å². The van der Waals surface area contributed by atoms with Crippen LogP contribution < -0.4 is 4.74 Å². The second-order valence-corrected chi connectivity index (χ2v) is 16.2. The van der Waals surface area contributed by atoms with E-state index in [1.54, 1.807) is 0 Å². The zero-order valence-electron chi connectivity index (χ0n) is 32.3. The molecule has 0 saturated heterocycles. The van der Waals surface area contributed by atoms with E-state index < -0.39 is 5.60 Å². The van der Waals surface area contributed by atoms with E-state index in [0.29, 0.717) is 0 Å². The Kier molecular flexibility index (Phi) is 6.60. The van der Waals surface area contributed by atoms with Gasteiger partial charge in [-0.25, -0.2) is 0 Å². The predicted molar refractivity (Wildman–Crippen MR) is 243 cm³/mol. The second kappa shape index (κ2) is 12.0. The van der Waals surface area contributed by atoms with Crippen molar-refractivity contribution in [2.24, 2.45) is 0 Å². The minimum Gasteiger partial charge on any atom is -0.480 e. The number of para-hydroxylation sites is 6. The first-order valence-corrected chi connectivity index (χ1v) is 20.4. The molecule has 2 aliphatic rings. The summed E-state index contributed by atoms with van der Waals surface area (Å²) in [6, 6.07) is 63.2. The molecular weight excluding hydrogens is 721 g/mol. The van der Waals surface area contributed by atoms with Crippen LogP contribution in [0.4, 0.5) is 0 Å². The molecule has 0 spiro atoms. The van der Waals surface area contributed by atoms with Gasteiger partial charge in [0.25, 0.3) is 0 Å². The summed E-state index contributed by atoms with van der Waals surface area (Å²) in [5, 5.41) is 7.21. The average Bonchev–Trinajstić information content (AvgIpc) is 4.02. The molecule has 1 aliphatic carbocycles. The molecule has 2 atom stereocenters. The van der Waals surface area contributed by atoms with E-state index in [2.05, 4.69) is 210 Å². The number of hydrogen-bond donors (Lipinski definition) is 0. The van der Waals surface area contributed by atoms with Crippen molar-refractivity contribution in [3.8, 4) is 28.3 Å². The molecule has 4 heterocycles. The molecule has 13 rings (SSSR count). The molecular formula is C55H36N2O2. The molecule has 0 N–H and O–H groups in total. The Bertz CT molecular complexity index is 3520. The quantitative estimate of drug-likeness (QED) is 0.179. The summed E-state index contributed by atoms with van der Waals surface area (Å²) < 4.78 is 18.5. The summed E-state index contributed by atoms with van der Waals surface area (Å²) in [6.07, 6.45) is 6.89. The summed E-state index contributed by atoms with van der Waals surface area (Å²) in [5.74, 6) is 0.996. The van der Waals surface area contributed by atoms with Crippen LogP contribution in [-0.2, 0) is 0 Å². The van der Waals surface area contributed by atoms with Crippen LogP contribution >= 0.6 is 0 Å². The van der Waals surface area contributed by atoms with Crippen molar-refractivity contribution in [3.05, 3.63) is 205 Å². The number of benzene rings is 8. The lowest BCUT2D eigenvalue weighted by molar-refractivity contribution is 0.155. The molecule has 2 unspecified atom stereocenters. The fraction of sp³-hybridized carbons (Fsp3) is 0.0545. The highest BCUT2D eigenvalue weighted by atomic mass is 16.5. The summed E-state index contributed by atoms with van der Waals surface area (Å²) in [5.41, 5.74) is 14.0. The van der Waals surface area contributed by atoms with E-state index in [0.717, 1.165) is 55.8 Å². The Labute approximate surface area is 340 Å². The molecule has 59 heavy (non-hydrogen) atoms. The smallest absolute Gasteiger partial charge is 0.148 e. The molecule has 0 bridgehead atoms. The van der Waals surface area contributed by atoms with E-state index >= 15 is 0 Å². The van der Waals surface area contributed by atoms with E-state index in [9.17, 15) is 0 Å². The maximum Gasteiger partial charge on any atom is 0.148 e. The molecule has 3 aromatic heterocycles. The Morgan fingerprint density at radius 3 is 1.81 bits per heavy atom. The third-order valence-electron chi connectivity index (χ3n) is 12.9. The van der Waals surface area contributed by atoms with E-state index in [1.807, 2.05) is 0 Å². The largest absolute Gasteiger partial charge is 0.480 e. The molecule has 0 amide bonds.